The summed E-state index contributed by atoms with van der Waals surface area (Å²) < 4.78 is 20.8. The molecule has 8 nitrogen and oxygen atoms in total. The zero-order chi connectivity index (χ0) is 21.1. The standard InChI is InChI=1S/C20H23N3O5S/c1-25-11-10-21-20(29)23-22-13-14-4-9-17(18(12-14)27-3)28-19(24)15-5-7-16(26-2)8-6-15/h4-9,12-13H,10-11H2,1-3H3,(H2,21,23,29). The van der Waals surface area contributed by atoms with Crippen molar-refractivity contribution in [2.24, 2.45) is 5.10 Å². The van der Waals surface area contributed by atoms with Crippen LogP contribution in [-0.4, -0.2) is 51.8 Å². The fourth-order valence-electron chi connectivity index (χ4n) is 2.21. The van der Waals surface area contributed by atoms with E-state index in [4.69, 9.17) is 31.2 Å². The van der Waals surface area contributed by atoms with Crippen molar-refractivity contribution in [3.63, 3.8) is 0 Å². The molecule has 9 heteroatoms. The first-order chi connectivity index (χ1) is 14.1. The SMILES string of the molecule is COCCNC(=S)NN=Cc1ccc(OC(=O)c2ccc(OC)cc2)c(OC)c1. The zero-order valence-electron chi connectivity index (χ0n) is 16.4. The molecule has 2 aromatic carbocycles. The van der Waals surface area contributed by atoms with Crippen molar-refractivity contribution >= 4 is 29.5 Å². The summed E-state index contributed by atoms with van der Waals surface area (Å²) in [5.41, 5.74) is 3.84. The highest BCUT2D eigenvalue weighted by Gasteiger charge is 2.13. The van der Waals surface area contributed by atoms with Crippen molar-refractivity contribution < 1.29 is 23.7 Å². The average Bonchev–Trinajstić information content (AvgIpc) is 2.74. The molecule has 0 radical (unpaired) electrons. The Morgan fingerprint density at radius 1 is 1.07 bits per heavy atom. The fraction of sp³-hybridized carbons (Fsp3) is 0.250. The number of hydrazone groups is 1. The minimum atomic E-state index is -0.499. The molecule has 2 aromatic rings. The lowest BCUT2D eigenvalue weighted by Crippen LogP contribution is -2.34. The van der Waals surface area contributed by atoms with Gasteiger partial charge in [0.05, 0.1) is 32.6 Å². The highest BCUT2D eigenvalue weighted by atomic mass is 32.1. The van der Waals surface area contributed by atoms with Crippen LogP contribution in [0, 0.1) is 0 Å². The second-order valence-electron chi connectivity index (χ2n) is 5.65. The first-order valence-electron chi connectivity index (χ1n) is 8.67. The molecule has 0 heterocycles. The number of hydrogen-bond donors (Lipinski definition) is 2. The van der Waals surface area contributed by atoms with Crippen molar-refractivity contribution in [3.05, 3.63) is 53.6 Å². The van der Waals surface area contributed by atoms with Crippen LogP contribution < -0.4 is 25.0 Å². The van der Waals surface area contributed by atoms with Crippen LogP contribution in [0.5, 0.6) is 17.2 Å². The Labute approximate surface area is 174 Å². The summed E-state index contributed by atoms with van der Waals surface area (Å²) in [5, 5.41) is 7.38. The molecule has 0 aliphatic heterocycles. The predicted molar refractivity (Wildman–Crippen MR) is 114 cm³/mol. The molecule has 0 saturated heterocycles. The van der Waals surface area contributed by atoms with E-state index in [1.807, 2.05) is 0 Å². The molecule has 0 aliphatic carbocycles. The van der Waals surface area contributed by atoms with E-state index >= 15 is 0 Å². The molecule has 0 spiro atoms. The number of ether oxygens (including phenoxy) is 4. The van der Waals surface area contributed by atoms with Gasteiger partial charge in [0.1, 0.15) is 5.75 Å². The number of benzene rings is 2. The van der Waals surface area contributed by atoms with Crippen molar-refractivity contribution in [1.82, 2.24) is 10.7 Å². The van der Waals surface area contributed by atoms with Crippen LogP contribution in [0.1, 0.15) is 15.9 Å². The van der Waals surface area contributed by atoms with Crippen LogP contribution in [0.3, 0.4) is 0 Å². The molecule has 154 valence electrons. The normalized spacial score (nSPS) is 10.4. The lowest BCUT2D eigenvalue weighted by atomic mass is 10.2. The topological polar surface area (TPSA) is 90.4 Å². The van der Waals surface area contributed by atoms with Crippen LogP contribution in [0.25, 0.3) is 0 Å². The molecular formula is C20H23N3O5S. The van der Waals surface area contributed by atoms with Crippen LogP contribution in [0.2, 0.25) is 0 Å². The van der Waals surface area contributed by atoms with Gasteiger partial charge in [-0.15, -0.1) is 0 Å². The first kappa shape index (κ1) is 22.1. The number of thiocarbonyl (C=S) groups is 1. The Morgan fingerprint density at radius 3 is 2.48 bits per heavy atom. The van der Waals surface area contributed by atoms with Gasteiger partial charge >= 0.3 is 5.97 Å². The Morgan fingerprint density at radius 2 is 1.83 bits per heavy atom. The lowest BCUT2D eigenvalue weighted by molar-refractivity contribution is 0.0729. The predicted octanol–water partition coefficient (Wildman–Crippen LogP) is 2.37. The molecule has 0 saturated carbocycles. The Hall–Kier alpha value is -3.17. The lowest BCUT2D eigenvalue weighted by Gasteiger charge is -2.10. The summed E-state index contributed by atoms with van der Waals surface area (Å²) in [4.78, 5) is 12.3. The minimum Gasteiger partial charge on any atom is -0.497 e. The van der Waals surface area contributed by atoms with E-state index in [1.165, 1.54) is 7.11 Å². The van der Waals surface area contributed by atoms with Crippen molar-refractivity contribution in [1.29, 1.82) is 0 Å². The van der Waals surface area contributed by atoms with E-state index in [0.717, 1.165) is 5.56 Å². The third-order valence-electron chi connectivity index (χ3n) is 3.69. The molecule has 0 amide bonds. The van der Waals surface area contributed by atoms with Crippen molar-refractivity contribution in [2.75, 3.05) is 34.5 Å². The monoisotopic (exact) mass is 417 g/mol. The molecule has 0 atom stereocenters. The van der Waals surface area contributed by atoms with Gasteiger partial charge in [-0.1, -0.05) is 0 Å². The number of esters is 1. The minimum absolute atomic E-state index is 0.301. The first-order valence-corrected chi connectivity index (χ1v) is 9.08. The Bertz CT molecular complexity index is 856. The number of carbonyl (C=O) groups excluding carboxylic acids is 1. The smallest absolute Gasteiger partial charge is 0.343 e. The largest absolute Gasteiger partial charge is 0.497 e. The summed E-state index contributed by atoms with van der Waals surface area (Å²) >= 11 is 5.08. The quantitative estimate of drug-likeness (QED) is 0.161. The van der Waals surface area contributed by atoms with Crippen LogP contribution in [0.4, 0.5) is 0 Å². The maximum Gasteiger partial charge on any atom is 0.343 e. The molecule has 2 N–H and O–H groups in total. The van der Waals surface area contributed by atoms with Gasteiger partial charge in [-0.05, 0) is 60.2 Å². The summed E-state index contributed by atoms with van der Waals surface area (Å²) in [6, 6.07) is 11.7. The molecule has 29 heavy (non-hydrogen) atoms. The van der Waals surface area contributed by atoms with Crippen LogP contribution in [0.15, 0.2) is 47.6 Å². The molecule has 0 aromatic heterocycles. The van der Waals surface area contributed by atoms with E-state index in [2.05, 4.69) is 15.8 Å². The van der Waals surface area contributed by atoms with Crippen molar-refractivity contribution in [3.8, 4) is 17.2 Å². The number of nitrogens with one attached hydrogen (secondary N) is 2. The summed E-state index contributed by atoms with van der Waals surface area (Å²) in [6.07, 6.45) is 1.57. The van der Waals surface area contributed by atoms with Gasteiger partial charge in [-0.3, -0.25) is 5.43 Å². The second-order valence-corrected chi connectivity index (χ2v) is 6.06. The summed E-state index contributed by atoms with van der Waals surface area (Å²) in [7, 11) is 4.67. The third kappa shape index (κ3) is 7.05. The molecule has 0 aliphatic rings. The molecule has 0 fully saturated rings. The molecular weight excluding hydrogens is 394 g/mol. The Balaban J connectivity index is 1.99. The van der Waals surface area contributed by atoms with Gasteiger partial charge in [0.25, 0.3) is 0 Å². The van der Waals surface area contributed by atoms with Gasteiger partial charge in [0.2, 0.25) is 0 Å². The van der Waals surface area contributed by atoms with E-state index in [1.54, 1.807) is 62.9 Å². The maximum absolute atomic E-state index is 12.3. The van der Waals surface area contributed by atoms with Crippen molar-refractivity contribution in [2.45, 2.75) is 0 Å². The van der Waals surface area contributed by atoms with E-state index in [9.17, 15) is 4.79 Å². The van der Waals surface area contributed by atoms with Gasteiger partial charge in [0.15, 0.2) is 16.6 Å². The second kappa shape index (κ2) is 11.6. The fourth-order valence-corrected chi connectivity index (χ4v) is 2.36. The number of methoxy groups -OCH3 is 3. The molecule has 2 rings (SSSR count). The van der Waals surface area contributed by atoms with E-state index in [-0.39, 0.29) is 0 Å². The number of carbonyl (C=O) groups is 1. The van der Waals surface area contributed by atoms with E-state index < -0.39 is 5.97 Å². The highest BCUT2D eigenvalue weighted by molar-refractivity contribution is 7.80. The summed E-state index contributed by atoms with van der Waals surface area (Å²) in [5.74, 6) is 0.859. The van der Waals surface area contributed by atoms with Gasteiger partial charge in [-0.2, -0.15) is 5.10 Å². The number of hydrogen-bond acceptors (Lipinski definition) is 7. The third-order valence-corrected chi connectivity index (χ3v) is 3.92. The molecule has 0 unspecified atom stereocenters. The Kier molecular flexibility index (Phi) is 8.87. The van der Waals surface area contributed by atoms with E-state index in [0.29, 0.717) is 41.1 Å². The van der Waals surface area contributed by atoms with Gasteiger partial charge in [0, 0.05) is 13.7 Å². The number of nitrogens with zero attached hydrogens (tertiary/aromatic N) is 1. The van der Waals surface area contributed by atoms with Crippen LogP contribution in [-0.2, 0) is 4.74 Å². The average molecular weight is 417 g/mol. The number of rotatable bonds is 9. The zero-order valence-corrected chi connectivity index (χ0v) is 17.2. The maximum atomic E-state index is 12.3. The summed E-state index contributed by atoms with van der Waals surface area (Å²) in [6.45, 7) is 1.12. The van der Waals surface area contributed by atoms with Gasteiger partial charge in [-0.25, -0.2) is 4.79 Å². The molecule has 0 bridgehead atoms. The highest BCUT2D eigenvalue weighted by Crippen LogP contribution is 2.28. The van der Waals surface area contributed by atoms with Crippen LogP contribution >= 0.6 is 12.2 Å². The van der Waals surface area contributed by atoms with Gasteiger partial charge < -0.3 is 24.3 Å².